The number of thiophene rings is 1. The first-order chi connectivity index (χ1) is 17.3. The molecule has 0 spiro atoms. The average Bonchev–Trinajstić information content (AvgIpc) is 3.49. The number of pyridine rings is 1. The van der Waals surface area contributed by atoms with Gasteiger partial charge in [0, 0.05) is 47.1 Å². The molecular weight excluding hydrogens is 474 g/mol. The van der Waals surface area contributed by atoms with E-state index in [9.17, 15) is 14.7 Å². The molecule has 1 saturated carbocycles. The molecule has 0 saturated heterocycles. The third-order valence-electron chi connectivity index (χ3n) is 6.83. The summed E-state index contributed by atoms with van der Waals surface area (Å²) in [6, 6.07) is 9.13. The summed E-state index contributed by atoms with van der Waals surface area (Å²) in [4.78, 5) is 37.2. The lowest BCUT2D eigenvalue weighted by atomic mass is 9.82. The van der Waals surface area contributed by atoms with Crippen LogP contribution in [0.5, 0.6) is 0 Å². The van der Waals surface area contributed by atoms with Crippen LogP contribution in [0, 0.1) is 11.8 Å². The molecule has 0 radical (unpaired) electrons. The van der Waals surface area contributed by atoms with E-state index in [2.05, 4.69) is 22.0 Å². The van der Waals surface area contributed by atoms with Gasteiger partial charge in [-0.1, -0.05) is 6.92 Å². The average molecular weight is 504 g/mol. The summed E-state index contributed by atoms with van der Waals surface area (Å²) in [6.07, 6.45) is 9.03. The van der Waals surface area contributed by atoms with E-state index in [4.69, 9.17) is 0 Å². The number of aromatic nitrogens is 4. The lowest BCUT2D eigenvalue weighted by Gasteiger charge is -2.33. The van der Waals surface area contributed by atoms with Crippen molar-refractivity contribution < 1.29 is 14.7 Å². The number of amides is 1. The normalized spacial score (nSPS) is 18.0. The molecule has 1 fully saturated rings. The van der Waals surface area contributed by atoms with Crippen molar-refractivity contribution in [1.82, 2.24) is 19.6 Å². The standard InChI is InChI=1S/C27H29N5O3S/c1-16(2)32(26(33)18-7-5-17(3)6-8-18)22-14-23(36-25(22)27(34)35)19-9-10-20(29-15-19)21-13-24-28-11-4-12-31(24)30-21/h4,9-18H,5-8H2,1-3H3,(H,34,35). The van der Waals surface area contributed by atoms with Gasteiger partial charge in [-0.25, -0.2) is 14.3 Å². The molecule has 0 aromatic carbocycles. The van der Waals surface area contributed by atoms with Crippen LogP contribution in [-0.4, -0.2) is 42.6 Å². The summed E-state index contributed by atoms with van der Waals surface area (Å²) in [5.41, 5.74) is 3.40. The number of carbonyl (C=O) groups is 2. The van der Waals surface area contributed by atoms with E-state index in [0.29, 0.717) is 23.0 Å². The Bertz CT molecular complexity index is 1370. The van der Waals surface area contributed by atoms with Gasteiger partial charge in [0.1, 0.15) is 10.6 Å². The van der Waals surface area contributed by atoms with Crippen LogP contribution in [0.1, 0.15) is 56.1 Å². The lowest BCUT2D eigenvalue weighted by molar-refractivity contribution is -0.123. The lowest BCUT2D eigenvalue weighted by Crippen LogP contribution is -2.42. The van der Waals surface area contributed by atoms with Crippen LogP contribution in [0.3, 0.4) is 0 Å². The predicted molar refractivity (Wildman–Crippen MR) is 140 cm³/mol. The molecule has 186 valence electrons. The monoisotopic (exact) mass is 503 g/mol. The zero-order valence-corrected chi connectivity index (χ0v) is 21.4. The molecule has 5 rings (SSSR count). The predicted octanol–water partition coefficient (Wildman–Crippen LogP) is 5.79. The molecule has 1 N–H and O–H groups in total. The second kappa shape index (κ2) is 9.81. The Morgan fingerprint density at radius 2 is 1.89 bits per heavy atom. The van der Waals surface area contributed by atoms with E-state index in [1.807, 2.05) is 50.4 Å². The first kappa shape index (κ1) is 24.1. The second-order valence-electron chi connectivity index (χ2n) is 9.77. The number of aromatic carboxylic acids is 1. The SMILES string of the molecule is CC1CCC(C(=O)N(c2cc(-c3ccc(-c4cc5ncccn5n4)nc3)sc2C(=O)O)C(C)C)CC1. The molecule has 1 aliphatic rings. The molecule has 0 unspecified atom stereocenters. The van der Waals surface area contributed by atoms with Crippen molar-refractivity contribution in [2.24, 2.45) is 11.8 Å². The fraction of sp³-hybridized carbons (Fsp3) is 0.370. The fourth-order valence-corrected chi connectivity index (χ4v) is 5.84. The molecule has 1 amide bonds. The van der Waals surface area contributed by atoms with E-state index >= 15 is 0 Å². The molecule has 0 aliphatic heterocycles. The minimum atomic E-state index is -1.03. The molecule has 9 heteroatoms. The highest BCUT2D eigenvalue weighted by Gasteiger charge is 2.33. The minimum Gasteiger partial charge on any atom is -0.477 e. The Labute approximate surface area is 213 Å². The summed E-state index contributed by atoms with van der Waals surface area (Å²) in [5.74, 6) is -0.429. The largest absolute Gasteiger partial charge is 0.477 e. The number of fused-ring (bicyclic) bond motifs is 1. The Kier molecular flexibility index (Phi) is 6.57. The zero-order chi connectivity index (χ0) is 25.4. The highest BCUT2D eigenvalue weighted by Crippen LogP contribution is 2.40. The van der Waals surface area contributed by atoms with Gasteiger partial charge in [-0.2, -0.15) is 5.10 Å². The van der Waals surface area contributed by atoms with Crippen LogP contribution in [0.4, 0.5) is 5.69 Å². The highest BCUT2D eigenvalue weighted by atomic mass is 32.1. The Balaban J connectivity index is 1.46. The summed E-state index contributed by atoms with van der Waals surface area (Å²) in [7, 11) is 0. The Morgan fingerprint density at radius 3 is 2.53 bits per heavy atom. The molecule has 8 nitrogen and oxygen atoms in total. The van der Waals surface area contributed by atoms with Crippen molar-refractivity contribution in [1.29, 1.82) is 0 Å². The number of hydrogen-bond acceptors (Lipinski definition) is 6. The van der Waals surface area contributed by atoms with Crippen LogP contribution >= 0.6 is 11.3 Å². The van der Waals surface area contributed by atoms with Gasteiger partial charge >= 0.3 is 5.97 Å². The molecule has 4 heterocycles. The van der Waals surface area contributed by atoms with Crippen LogP contribution < -0.4 is 4.90 Å². The van der Waals surface area contributed by atoms with Crippen molar-refractivity contribution >= 4 is 34.5 Å². The zero-order valence-electron chi connectivity index (χ0n) is 20.6. The van der Waals surface area contributed by atoms with Crippen molar-refractivity contribution in [3.05, 3.63) is 53.8 Å². The Morgan fingerprint density at radius 1 is 1.11 bits per heavy atom. The third kappa shape index (κ3) is 4.63. The van der Waals surface area contributed by atoms with E-state index in [0.717, 1.165) is 41.8 Å². The quantitative estimate of drug-likeness (QED) is 0.358. The molecule has 4 aromatic rings. The van der Waals surface area contributed by atoms with E-state index in [1.165, 1.54) is 11.3 Å². The van der Waals surface area contributed by atoms with E-state index in [1.54, 1.807) is 21.8 Å². The van der Waals surface area contributed by atoms with Gasteiger partial charge in [-0.3, -0.25) is 9.78 Å². The molecule has 0 atom stereocenters. The summed E-state index contributed by atoms with van der Waals surface area (Å²) >= 11 is 1.17. The first-order valence-corrected chi connectivity index (χ1v) is 13.1. The fourth-order valence-electron chi connectivity index (χ4n) is 4.86. The molecule has 1 aliphatic carbocycles. The molecular formula is C27H29N5O3S. The molecule has 36 heavy (non-hydrogen) atoms. The molecule has 0 bridgehead atoms. The van der Waals surface area contributed by atoms with Crippen LogP contribution in [0.2, 0.25) is 0 Å². The number of rotatable bonds is 6. The number of anilines is 1. The number of hydrogen-bond donors (Lipinski definition) is 1. The maximum absolute atomic E-state index is 13.6. The van der Waals surface area contributed by atoms with E-state index < -0.39 is 5.97 Å². The van der Waals surface area contributed by atoms with Crippen LogP contribution in [-0.2, 0) is 4.79 Å². The maximum Gasteiger partial charge on any atom is 0.348 e. The van der Waals surface area contributed by atoms with E-state index in [-0.39, 0.29) is 22.7 Å². The summed E-state index contributed by atoms with van der Waals surface area (Å²) < 4.78 is 1.69. The smallest absolute Gasteiger partial charge is 0.348 e. The van der Waals surface area contributed by atoms with Gasteiger partial charge in [-0.15, -0.1) is 11.3 Å². The van der Waals surface area contributed by atoms with Gasteiger partial charge in [-0.05, 0) is 69.7 Å². The summed E-state index contributed by atoms with van der Waals surface area (Å²) in [6.45, 7) is 6.10. The van der Waals surface area contributed by atoms with Crippen molar-refractivity contribution in [3.63, 3.8) is 0 Å². The van der Waals surface area contributed by atoms with Gasteiger partial charge in [0.2, 0.25) is 5.91 Å². The van der Waals surface area contributed by atoms with Crippen molar-refractivity contribution in [2.45, 2.75) is 52.5 Å². The highest BCUT2D eigenvalue weighted by molar-refractivity contribution is 7.18. The van der Waals surface area contributed by atoms with Crippen molar-refractivity contribution in [2.75, 3.05) is 4.90 Å². The Hall–Kier alpha value is -3.59. The first-order valence-electron chi connectivity index (χ1n) is 12.3. The van der Waals surface area contributed by atoms with Crippen LogP contribution in [0.15, 0.2) is 48.9 Å². The molecule has 4 aromatic heterocycles. The van der Waals surface area contributed by atoms with Crippen molar-refractivity contribution in [3.8, 4) is 21.8 Å². The van der Waals surface area contributed by atoms with Gasteiger partial charge in [0.25, 0.3) is 0 Å². The second-order valence-corrected chi connectivity index (χ2v) is 10.8. The van der Waals surface area contributed by atoms with Gasteiger partial charge in [0.15, 0.2) is 5.65 Å². The van der Waals surface area contributed by atoms with Gasteiger partial charge < -0.3 is 10.0 Å². The number of nitrogens with zero attached hydrogens (tertiary/aromatic N) is 5. The van der Waals surface area contributed by atoms with Gasteiger partial charge in [0.05, 0.1) is 11.4 Å². The summed E-state index contributed by atoms with van der Waals surface area (Å²) in [5, 5.41) is 14.5. The number of carboxylic acids is 1. The number of carbonyl (C=O) groups excluding carboxylic acids is 1. The van der Waals surface area contributed by atoms with Crippen LogP contribution in [0.25, 0.3) is 27.5 Å². The third-order valence-corrected chi connectivity index (χ3v) is 7.99. The topological polar surface area (TPSA) is 101 Å². The number of carboxylic acid groups (broad SMARTS) is 1. The minimum absolute atomic E-state index is 0.0256. The maximum atomic E-state index is 13.6.